The van der Waals surface area contributed by atoms with E-state index >= 15 is 0 Å². The lowest BCUT2D eigenvalue weighted by molar-refractivity contribution is -0.118. The largest absolute Gasteiger partial charge is 0.478 e. The molecule has 0 spiro atoms. The molecule has 74 valence electrons. The number of carboxylic acids is 1. The monoisotopic (exact) mass is 192 g/mol. The summed E-state index contributed by atoms with van der Waals surface area (Å²) >= 11 is 0. The number of rotatable bonds is 4. The SMILES string of the molecule is CCC(=O)Cc1cccc(C(=O)O)c1. The van der Waals surface area contributed by atoms with Gasteiger partial charge in [0.2, 0.25) is 0 Å². The van der Waals surface area contributed by atoms with E-state index in [0.717, 1.165) is 5.56 Å². The molecule has 0 atom stereocenters. The second-order valence-electron chi connectivity index (χ2n) is 3.07. The predicted molar refractivity (Wildman–Crippen MR) is 52.4 cm³/mol. The van der Waals surface area contributed by atoms with Gasteiger partial charge >= 0.3 is 5.97 Å². The van der Waals surface area contributed by atoms with Crippen molar-refractivity contribution in [1.29, 1.82) is 0 Å². The molecule has 0 aliphatic carbocycles. The molecule has 3 nitrogen and oxygen atoms in total. The third-order valence-electron chi connectivity index (χ3n) is 1.97. The highest BCUT2D eigenvalue weighted by Crippen LogP contribution is 2.07. The van der Waals surface area contributed by atoms with Crippen molar-refractivity contribution in [3.05, 3.63) is 35.4 Å². The highest BCUT2D eigenvalue weighted by Gasteiger charge is 2.05. The van der Waals surface area contributed by atoms with E-state index in [1.165, 1.54) is 12.1 Å². The van der Waals surface area contributed by atoms with Crippen molar-refractivity contribution in [2.24, 2.45) is 0 Å². The second kappa shape index (κ2) is 4.56. The van der Waals surface area contributed by atoms with Crippen molar-refractivity contribution < 1.29 is 14.7 Å². The van der Waals surface area contributed by atoms with Gasteiger partial charge in [0.1, 0.15) is 5.78 Å². The fourth-order valence-corrected chi connectivity index (χ4v) is 1.17. The van der Waals surface area contributed by atoms with Crippen LogP contribution in [-0.4, -0.2) is 16.9 Å². The van der Waals surface area contributed by atoms with Crippen LogP contribution >= 0.6 is 0 Å². The van der Waals surface area contributed by atoms with Gasteiger partial charge in [-0.15, -0.1) is 0 Å². The zero-order valence-electron chi connectivity index (χ0n) is 7.99. The number of ketones is 1. The Bertz CT molecular complexity index is 355. The maximum Gasteiger partial charge on any atom is 0.335 e. The van der Waals surface area contributed by atoms with Gasteiger partial charge in [0, 0.05) is 12.8 Å². The van der Waals surface area contributed by atoms with E-state index in [1.54, 1.807) is 19.1 Å². The standard InChI is InChI=1S/C11H12O3/c1-2-10(12)7-8-4-3-5-9(6-8)11(13)14/h3-6H,2,7H2,1H3,(H,13,14). The Hall–Kier alpha value is -1.64. The Balaban J connectivity index is 2.83. The highest BCUT2D eigenvalue weighted by molar-refractivity contribution is 5.88. The minimum absolute atomic E-state index is 0.118. The quantitative estimate of drug-likeness (QED) is 0.792. The van der Waals surface area contributed by atoms with Crippen LogP contribution in [0.15, 0.2) is 24.3 Å². The summed E-state index contributed by atoms with van der Waals surface area (Å²) in [7, 11) is 0. The van der Waals surface area contributed by atoms with Gasteiger partial charge in [0.15, 0.2) is 0 Å². The van der Waals surface area contributed by atoms with Crippen LogP contribution < -0.4 is 0 Å². The van der Waals surface area contributed by atoms with Crippen LogP contribution in [0, 0.1) is 0 Å². The maximum atomic E-state index is 11.1. The minimum atomic E-state index is -0.962. The molecule has 1 rings (SSSR count). The van der Waals surface area contributed by atoms with Crippen LogP contribution in [0.2, 0.25) is 0 Å². The molecule has 0 heterocycles. The molecule has 0 saturated heterocycles. The number of hydrogen-bond donors (Lipinski definition) is 1. The number of carboxylic acid groups (broad SMARTS) is 1. The average Bonchev–Trinajstić information content (AvgIpc) is 2.18. The smallest absolute Gasteiger partial charge is 0.335 e. The number of carbonyl (C=O) groups is 2. The van der Waals surface area contributed by atoms with E-state index in [4.69, 9.17) is 5.11 Å². The molecule has 0 amide bonds. The molecule has 1 N–H and O–H groups in total. The molecule has 0 fully saturated rings. The zero-order valence-corrected chi connectivity index (χ0v) is 7.99. The van der Waals surface area contributed by atoms with Crippen molar-refractivity contribution in [1.82, 2.24) is 0 Å². The summed E-state index contributed by atoms with van der Waals surface area (Å²) in [6, 6.07) is 6.47. The van der Waals surface area contributed by atoms with Gasteiger partial charge in [-0.3, -0.25) is 4.79 Å². The number of carbonyl (C=O) groups excluding carboxylic acids is 1. The molecule has 1 aromatic carbocycles. The molecule has 3 heteroatoms. The summed E-state index contributed by atoms with van der Waals surface area (Å²) in [5.41, 5.74) is 0.989. The maximum absolute atomic E-state index is 11.1. The van der Waals surface area contributed by atoms with E-state index in [-0.39, 0.29) is 11.3 Å². The van der Waals surface area contributed by atoms with Crippen LogP contribution in [0.5, 0.6) is 0 Å². The Labute approximate surface area is 82.4 Å². The summed E-state index contributed by atoms with van der Waals surface area (Å²) in [6.07, 6.45) is 0.801. The molecule has 0 saturated carbocycles. The Kier molecular flexibility index (Phi) is 3.40. The lowest BCUT2D eigenvalue weighted by Crippen LogP contribution is -2.02. The van der Waals surface area contributed by atoms with Crippen LogP contribution in [0.3, 0.4) is 0 Å². The molecule has 1 aromatic rings. The van der Waals surface area contributed by atoms with Crippen molar-refractivity contribution in [3.63, 3.8) is 0 Å². The van der Waals surface area contributed by atoms with E-state index in [1.807, 2.05) is 0 Å². The summed E-state index contributed by atoms with van der Waals surface area (Å²) < 4.78 is 0. The average molecular weight is 192 g/mol. The predicted octanol–water partition coefficient (Wildman–Crippen LogP) is 1.91. The summed E-state index contributed by atoms with van der Waals surface area (Å²) in [5.74, 6) is -0.844. The van der Waals surface area contributed by atoms with E-state index < -0.39 is 5.97 Å². The van der Waals surface area contributed by atoms with Gasteiger partial charge in [-0.1, -0.05) is 19.1 Å². The zero-order chi connectivity index (χ0) is 10.6. The van der Waals surface area contributed by atoms with Gasteiger partial charge in [-0.2, -0.15) is 0 Å². The number of hydrogen-bond acceptors (Lipinski definition) is 2. The van der Waals surface area contributed by atoms with Crippen molar-refractivity contribution in [2.45, 2.75) is 19.8 Å². The fourth-order valence-electron chi connectivity index (χ4n) is 1.17. The van der Waals surface area contributed by atoms with E-state index in [2.05, 4.69) is 0 Å². The minimum Gasteiger partial charge on any atom is -0.478 e. The lowest BCUT2D eigenvalue weighted by Gasteiger charge is -2.00. The molecule has 0 unspecified atom stereocenters. The van der Waals surface area contributed by atoms with Crippen molar-refractivity contribution in [3.8, 4) is 0 Å². The number of benzene rings is 1. The van der Waals surface area contributed by atoms with Crippen LogP contribution in [0.1, 0.15) is 29.3 Å². The van der Waals surface area contributed by atoms with Gasteiger partial charge in [-0.05, 0) is 17.7 Å². The third kappa shape index (κ3) is 2.69. The van der Waals surface area contributed by atoms with E-state index in [9.17, 15) is 9.59 Å². The highest BCUT2D eigenvalue weighted by atomic mass is 16.4. The molecule has 0 aliphatic heterocycles. The van der Waals surface area contributed by atoms with E-state index in [0.29, 0.717) is 12.8 Å². The summed E-state index contributed by atoms with van der Waals surface area (Å²) in [6.45, 7) is 1.80. The first-order valence-corrected chi connectivity index (χ1v) is 4.47. The first kappa shape index (κ1) is 10.4. The molecule has 14 heavy (non-hydrogen) atoms. The van der Waals surface area contributed by atoms with Gasteiger partial charge in [0.05, 0.1) is 5.56 Å². The first-order chi connectivity index (χ1) is 6.63. The van der Waals surface area contributed by atoms with Gasteiger partial charge in [0.25, 0.3) is 0 Å². The number of aromatic carboxylic acids is 1. The molecule has 0 aromatic heterocycles. The second-order valence-corrected chi connectivity index (χ2v) is 3.07. The summed E-state index contributed by atoms with van der Waals surface area (Å²) in [5, 5.41) is 8.72. The molecule has 0 aliphatic rings. The first-order valence-electron chi connectivity index (χ1n) is 4.47. The van der Waals surface area contributed by atoms with Crippen LogP contribution in [0.25, 0.3) is 0 Å². The summed E-state index contributed by atoms with van der Waals surface area (Å²) in [4.78, 5) is 21.7. The van der Waals surface area contributed by atoms with Gasteiger partial charge < -0.3 is 5.11 Å². The number of Topliss-reactive ketones (excluding diaryl/α,β-unsaturated/α-hetero) is 1. The molecule has 0 bridgehead atoms. The van der Waals surface area contributed by atoms with Gasteiger partial charge in [-0.25, -0.2) is 4.79 Å². The van der Waals surface area contributed by atoms with Crippen molar-refractivity contribution in [2.75, 3.05) is 0 Å². The van der Waals surface area contributed by atoms with Crippen LogP contribution in [0.4, 0.5) is 0 Å². The van der Waals surface area contributed by atoms with Crippen molar-refractivity contribution >= 4 is 11.8 Å². The topological polar surface area (TPSA) is 54.4 Å². The Morgan fingerprint density at radius 2 is 2.07 bits per heavy atom. The molecular formula is C11H12O3. The molecule has 0 radical (unpaired) electrons. The molecular weight excluding hydrogens is 180 g/mol. The van der Waals surface area contributed by atoms with Crippen LogP contribution in [-0.2, 0) is 11.2 Å². The fraction of sp³-hybridized carbons (Fsp3) is 0.273. The normalized spacial score (nSPS) is 9.79. The Morgan fingerprint density at radius 1 is 1.36 bits per heavy atom. The Morgan fingerprint density at radius 3 is 2.64 bits per heavy atom. The third-order valence-corrected chi connectivity index (χ3v) is 1.97. The lowest BCUT2D eigenvalue weighted by atomic mass is 10.0.